The minimum atomic E-state index is 1.14. The largest absolute Gasteiger partial charge is 0.143 e. The van der Waals surface area contributed by atoms with Gasteiger partial charge in [0.25, 0.3) is 0 Å². The predicted molar refractivity (Wildman–Crippen MR) is 65.3 cm³/mol. The van der Waals surface area contributed by atoms with Crippen LogP contribution in [0.3, 0.4) is 0 Å². The highest BCUT2D eigenvalue weighted by molar-refractivity contribution is 7.17. The topological polar surface area (TPSA) is 0 Å². The Bertz CT molecular complexity index is 451. The van der Waals surface area contributed by atoms with Gasteiger partial charge in [0.15, 0.2) is 0 Å². The molecule has 1 aromatic carbocycles. The molecule has 74 valence electrons. The molecule has 1 aromatic heterocycles. The van der Waals surface area contributed by atoms with Crippen molar-refractivity contribution in [3.05, 3.63) is 34.2 Å². The van der Waals surface area contributed by atoms with Crippen molar-refractivity contribution >= 4 is 21.4 Å². The normalized spacial score (nSPS) is 11.1. The molecule has 2 rings (SSSR count). The van der Waals surface area contributed by atoms with Crippen molar-refractivity contribution in [3.8, 4) is 0 Å². The summed E-state index contributed by atoms with van der Waals surface area (Å²) >= 11 is 1.89. The van der Waals surface area contributed by atoms with Crippen molar-refractivity contribution in [2.75, 3.05) is 0 Å². The van der Waals surface area contributed by atoms with Gasteiger partial charge in [0.2, 0.25) is 0 Å². The number of rotatable bonds is 2. The molecule has 0 N–H and O–H groups in total. The molecule has 0 nitrogen and oxygen atoms in total. The fourth-order valence-electron chi connectivity index (χ4n) is 1.98. The van der Waals surface area contributed by atoms with Crippen molar-refractivity contribution in [1.29, 1.82) is 0 Å². The van der Waals surface area contributed by atoms with Crippen LogP contribution in [0.25, 0.3) is 10.1 Å². The fraction of sp³-hybridized carbons (Fsp3) is 0.385. The molecule has 0 fully saturated rings. The number of aryl methyl sites for hydroxylation is 3. The van der Waals surface area contributed by atoms with Crippen LogP contribution in [0.1, 0.15) is 30.5 Å². The van der Waals surface area contributed by atoms with Crippen LogP contribution in [0.5, 0.6) is 0 Å². The highest BCUT2D eigenvalue weighted by atomic mass is 32.1. The van der Waals surface area contributed by atoms with Gasteiger partial charge in [-0.2, -0.15) is 0 Å². The predicted octanol–water partition coefficient (Wildman–Crippen LogP) is 4.33. The summed E-state index contributed by atoms with van der Waals surface area (Å²) in [6.07, 6.45) is 2.29. The Labute approximate surface area is 89.6 Å². The van der Waals surface area contributed by atoms with Gasteiger partial charge in [0.1, 0.15) is 0 Å². The third-order valence-corrected chi connectivity index (χ3v) is 4.01. The molecule has 0 amide bonds. The minimum absolute atomic E-state index is 1.14. The molecule has 14 heavy (non-hydrogen) atoms. The molecule has 0 unspecified atom stereocenters. The maximum absolute atomic E-state index is 2.32. The molecular formula is C13H16S. The van der Waals surface area contributed by atoms with Gasteiger partial charge in [0.05, 0.1) is 0 Å². The number of hydrogen-bond acceptors (Lipinski definition) is 1. The van der Waals surface area contributed by atoms with E-state index in [2.05, 4.69) is 38.3 Å². The molecular weight excluding hydrogens is 188 g/mol. The first kappa shape index (κ1) is 9.72. The lowest BCUT2D eigenvalue weighted by Gasteiger charge is -2.04. The van der Waals surface area contributed by atoms with E-state index in [1.807, 2.05) is 11.3 Å². The third kappa shape index (κ3) is 1.36. The van der Waals surface area contributed by atoms with E-state index in [1.165, 1.54) is 26.8 Å². The van der Waals surface area contributed by atoms with E-state index in [9.17, 15) is 0 Å². The molecule has 2 aromatic rings. The standard InChI is InChI=1S/C13H16S/c1-4-10-7-6-9(3)13-12(10)11(5-2)8-14-13/h6-8H,4-5H2,1-3H3. The average Bonchev–Trinajstić information content (AvgIpc) is 2.63. The molecule has 0 spiro atoms. The molecule has 0 bridgehead atoms. The summed E-state index contributed by atoms with van der Waals surface area (Å²) in [5.41, 5.74) is 4.44. The highest BCUT2D eigenvalue weighted by Crippen LogP contribution is 2.32. The van der Waals surface area contributed by atoms with E-state index < -0.39 is 0 Å². The summed E-state index contributed by atoms with van der Waals surface area (Å²) in [6, 6.07) is 4.53. The van der Waals surface area contributed by atoms with E-state index in [4.69, 9.17) is 0 Å². The van der Waals surface area contributed by atoms with Gasteiger partial charge >= 0.3 is 0 Å². The van der Waals surface area contributed by atoms with Crippen LogP contribution >= 0.6 is 11.3 Å². The second-order valence-electron chi connectivity index (χ2n) is 3.71. The first-order valence-electron chi connectivity index (χ1n) is 5.26. The zero-order valence-electron chi connectivity index (χ0n) is 9.05. The molecule has 1 heteroatoms. The summed E-state index contributed by atoms with van der Waals surface area (Å²) in [7, 11) is 0. The number of benzene rings is 1. The van der Waals surface area contributed by atoms with E-state index in [0.29, 0.717) is 0 Å². The van der Waals surface area contributed by atoms with Crippen molar-refractivity contribution in [3.63, 3.8) is 0 Å². The zero-order chi connectivity index (χ0) is 10.1. The lowest BCUT2D eigenvalue weighted by Crippen LogP contribution is -1.86. The molecule has 0 aliphatic rings. The monoisotopic (exact) mass is 204 g/mol. The van der Waals surface area contributed by atoms with Crippen molar-refractivity contribution < 1.29 is 0 Å². The van der Waals surface area contributed by atoms with E-state index in [0.717, 1.165) is 12.8 Å². The minimum Gasteiger partial charge on any atom is -0.143 e. The molecule has 0 aliphatic heterocycles. The average molecular weight is 204 g/mol. The Morgan fingerprint density at radius 2 is 1.79 bits per heavy atom. The SMILES string of the molecule is CCc1ccc(C)c2scc(CC)c12. The second kappa shape index (κ2) is 3.74. The second-order valence-corrected chi connectivity index (χ2v) is 4.59. The Morgan fingerprint density at radius 3 is 2.43 bits per heavy atom. The van der Waals surface area contributed by atoms with Gasteiger partial charge in [-0.1, -0.05) is 26.0 Å². The number of fused-ring (bicyclic) bond motifs is 1. The molecule has 0 saturated carbocycles. The van der Waals surface area contributed by atoms with Crippen LogP contribution in [0.2, 0.25) is 0 Å². The first-order valence-corrected chi connectivity index (χ1v) is 6.14. The Kier molecular flexibility index (Phi) is 2.60. The van der Waals surface area contributed by atoms with Crippen LogP contribution in [0, 0.1) is 6.92 Å². The lowest BCUT2D eigenvalue weighted by molar-refractivity contribution is 1.13. The molecule has 0 saturated heterocycles. The smallest absolute Gasteiger partial charge is 0.0377 e. The summed E-state index contributed by atoms with van der Waals surface area (Å²) in [4.78, 5) is 0. The van der Waals surface area contributed by atoms with Gasteiger partial charge in [0, 0.05) is 4.70 Å². The van der Waals surface area contributed by atoms with Gasteiger partial charge < -0.3 is 0 Å². The molecule has 0 atom stereocenters. The van der Waals surface area contributed by atoms with Gasteiger partial charge in [-0.05, 0) is 47.2 Å². The Balaban J connectivity index is 2.82. The number of hydrogen-bond donors (Lipinski definition) is 0. The lowest BCUT2D eigenvalue weighted by atomic mass is 10.0. The molecule has 1 heterocycles. The van der Waals surface area contributed by atoms with E-state index in [-0.39, 0.29) is 0 Å². The van der Waals surface area contributed by atoms with Crippen LogP contribution in [-0.2, 0) is 12.8 Å². The number of thiophene rings is 1. The van der Waals surface area contributed by atoms with E-state index in [1.54, 1.807) is 0 Å². The van der Waals surface area contributed by atoms with Crippen LogP contribution < -0.4 is 0 Å². The Morgan fingerprint density at radius 1 is 1.07 bits per heavy atom. The van der Waals surface area contributed by atoms with E-state index >= 15 is 0 Å². The summed E-state index contributed by atoms with van der Waals surface area (Å²) in [5.74, 6) is 0. The summed E-state index contributed by atoms with van der Waals surface area (Å²) in [5, 5.41) is 3.84. The fourth-order valence-corrected chi connectivity index (χ4v) is 3.15. The maximum atomic E-state index is 2.32. The highest BCUT2D eigenvalue weighted by Gasteiger charge is 2.08. The maximum Gasteiger partial charge on any atom is 0.0377 e. The quantitative estimate of drug-likeness (QED) is 0.683. The van der Waals surface area contributed by atoms with Crippen molar-refractivity contribution in [2.24, 2.45) is 0 Å². The van der Waals surface area contributed by atoms with Crippen LogP contribution in [0.15, 0.2) is 17.5 Å². The molecule has 0 aliphatic carbocycles. The van der Waals surface area contributed by atoms with Crippen molar-refractivity contribution in [1.82, 2.24) is 0 Å². The van der Waals surface area contributed by atoms with Gasteiger partial charge in [-0.3, -0.25) is 0 Å². The van der Waals surface area contributed by atoms with Gasteiger partial charge in [-0.25, -0.2) is 0 Å². The summed E-state index contributed by atoms with van der Waals surface area (Å²) in [6.45, 7) is 6.68. The van der Waals surface area contributed by atoms with Crippen LogP contribution in [-0.4, -0.2) is 0 Å². The zero-order valence-corrected chi connectivity index (χ0v) is 9.87. The van der Waals surface area contributed by atoms with Crippen LogP contribution in [0.4, 0.5) is 0 Å². The van der Waals surface area contributed by atoms with Crippen molar-refractivity contribution in [2.45, 2.75) is 33.6 Å². The first-order chi connectivity index (χ1) is 6.77. The third-order valence-electron chi connectivity index (χ3n) is 2.84. The molecule has 0 radical (unpaired) electrons. The summed E-state index contributed by atoms with van der Waals surface area (Å²) < 4.78 is 1.49. The van der Waals surface area contributed by atoms with Gasteiger partial charge in [-0.15, -0.1) is 11.3 Å². The Hall–Kier alpha value is -0.820.